The topological polar surface area (TPSA) is 80.5 Å². The molecule has 0 aromatic carbocycles. The first-order valence-corrected chi connectivity index (χ1v) is 13.0. The second-order valence-electron chi connectivity index (χ2n) is 8.23. The van der Waals surface area contributed by atoms with Crippen molar-refractivity contribution >= 4 is 30.8 Å². The zero-order valence-corrected chi connectivity index (χ0v) is 17.5. The lowest BCUT2D eigenvalue weighted by Crippen LogP contribution is -2.33. The normalized spacial score (nSPS) is 15.3. The fourth-order valence-electron chi connectivity index (χ4n) is 3.15. The summed E-state index contributed by atoms with van der Waals surface area (Å²) in [6.45, 7) is 11.0. The Morgan fingerprint density at radius 1 is 1.37 bits per heavy atom. The molecule has 8 heteroatoms. The molecule has 2 aromatic rings. The largest absolute Gasteiger partial charge is 0.465 e. The van der Waals surface area contributed by atoms with E-state index in [9.17, 15) is 4.79 Å². The zero-order chi connectivity index (χ0) is 19.6. The number of amides is 1. The number of aromatic nitrogens is 3. The smallest absolute Gasteiger partial charge is 0.407 e. The number of hydrogen-bond donors (Lipinski definition) is 1. The minimum Gasteiger partial charge on any atom is -0.465 e. The number of hydrogen-bond acceptors (Lipinski definition) is 4. The van der Waals surface area contributed by atoms with Crippen LogP contribution < -0.4 is 0 Å². The first-order chi connectivity index (χ1) is 12.8. The van der Waals surface area contributed by atoms with E-state index in [1.807, 2.05) is 16.8 Å². The number of rotatable bonds is 6. The van der Waals surface area contributed by atoms with Gasteiger partial charge >= 0.3 is 6.09 Å². The van der Waals surface area contributed by atoms with Crippen molar-refractivity contribution in [2.24, 2.45) is 0 Å². The van der Waals surface area contributed by atoms with Crippen LogP contribution in [0.25, 0.3) is 16.6 Å². The van der Waals surface area contributed by atoms with Crippen LogP contribution in [0.2, 0.25) is 25.7 Å². The third kappa shape index (κ3) is 4.56. The predicted molar refractivity (Wildman–Crippen MR) is 109 cm³/mol. The minimum absolute atomic E-state index is 0.381. The number of carbonyl (C=O) groups is 1. The lowest BCUT2D eigenvalue weighted by Gasteiger charge is -2.23. The van der Waals surface area contributed by atoms with Crippen LogP contribution in [0.15, 0.2) is 18.3 Å². The SMILES string of the molecule is Cc1ccnc2c1c(C1=CCN(C(=O)O)CC1)nn2COCC[Si](C)(C)C. The molecule has 27 heavy (non-hydrogen) atoms. The van der Waals surface area contributed by atoms with Gasteiger partial charge in [-0.2, -0.15) is 5.10 Å². The average molecular weight is 389 g/mol. The lowest BCUT2D eigenvalue weighted by molar-refractivity contribution is 0.0812. The van der Waals surface area contributed by atoms with Gasteiger partial charge in [-0.05, 0) is 36.6 Å². The molecule has 0 bridgehead atoms. The van der Waals surface area contributed by atoms with Gasteiger partial charge in [-0.25, -0.2) is 14.5 Å². The summed E-state index contributed by atoms with van der Waals surface area (Å²) < 4.78 is 7.71. The summed E-state index contributed by atoms with van der Waals surface area (Å²) in [6, 6.07) is 3.10. The number of fused-ring (bicyclic) bond motifs is 1. The van der Waals surface area contributed by atoms with Gasteiger partial charge in [-0.15, -0.1) is 0 Å². The Bertz CT molecular complexity index is 870. The van der Waals surface area contributed by atoms with Crippen molar-refractivity contribution in [1.82, 2.24) is 19.7 Å². The Labute approximate surface area is 160 Å². The van der Waals surface area contributed by atoms with E-state index in [1.54, 1.807) is 6.20 Å². The second-order valence-corrected chi connectivity index (χ2v) is 13.9. The lowest BCUT2D eigenvalue weighted by atomic mass is 10.0. The Morgan fingerprint density at radius 3 is 2.78 bits per heavy atom. The van der Waals surface area contributed by atoms with Crippen molar-refractivity contribution in [3.05, 3.63) is 29.6 Å². The van der Waals surface area contributed by atoms with Gasteiger partial charge in [0.15, 0.2) is 5.65 Å². The van der Waals surface area contributed by atoms with Crippen molar-refractivity contribution in [2.45, 2.75) is 45.8 Å². The highest BCUT2D eigenvalue weighted by Gasteiger charge is 2.22. The van der Waals surface area contributed by atoms with Gasteiger partial charge in [-0.1, -0.05) is 25.7 Å². The molecule has 146 valence electrons. The van der Waals surface area contributed by atoms with Gasteiger partial charge in [0, 0.05) is 39.4 Å². The van der Waals surface area contributed by atoms with Gasteiger partial charge in [0.1, 0.15) is 6.73 Å². The zero-order valence-electron chi connectivity index (χ0n) is 16.5. The summed E-state index contributed by atoms with van der Waals surface area (Å²) in [5.41, 5.74) is 3.91. The van der Waals surface area contributed by atoms with E-state index in [0.717, 1.165) is 40.5 Å². The van der Waals surface area contributed by atoms with Crippen molar-refractivity contribution in [2.75, 3.05) is 19.7 Å². The molecule has 3 rings (SSSR count). The highest BCUT2D eigenvalue weighted by Crippen LogP contribution is 2.30. The maximum atomic E-state index is 11.1. The van der Waals surface area contributed by atoms with Crippen LogP contribution in [0, 0.1) is 6.92 Å². The van der Waals surface area contributed by atoms with Gasteiger partial charge in [-0.3, -0.25) is 0 Å². The highest BCUT2D eigenvalue weighted by atomic mass is 28.3. The molecule has 1 aliphatic heterocycles. The molecule has 7 nitrogen and oxygen atoms in total. The summed E-state index contributed by atoms with van der Waals surface area (Å²) in [7, 11) is -1.13. The van der Waals surface area contributed by atoms with E-state index < -0.39 is 14.2 Å². The van der Waals surface area contributed by atoms with Crippen molar-refractivity contribution in [3.8, 4) is 0 Å². The van der Waals surface area contributed by atoms with Crippen LogP contribution in [-0.4, -0.2) is 58.6 Å². The maximum absolute atomic E-state index is 11.1. The molecule has 2 aromatic heterocycles. The molecule has 0 spiro atoms. The Hall–Kier alpha value is -2.19. The molecule has 0 saturated carbocycles. The van der Waals surface area contributed by atoms with Gasteiger partial charge < -0.3 is 14.7 Å². The van der Waals surface area contributed by atoms with Crippen LogP contribution in [0.4, 0.5) is 4.79 Å². The van der Waals surface area contributed by atoms with E-state index in [-0.39, 0.29) is 0 Å². The highest BCUT2D eigenvalue weighted by molar-refractivity contribution is 6.76. The van der Waals surface area contributed by atoms with E-state index in [4.69, 9.17) is 14.9 Å². The van der Waals surface area contributed by atoms with Crippen LogP contribution in [0.1, 0.15) is 17.7 Å². The molecule has 0 unspecified atom stereocenters. The molecule has 1 N–H and O–H groups in total. The van der Waals surface area contributed by atoms with Gasteiger partial charge in [0.2, 0.25) is 0 Å². The van der Waals surface area contributed by atoms with E-state index in [2.05, 4.69) is 31.5 Å². The predicted octanol–water partition coefficient (Wildman–Crippen LogP) is 3.82. The van der Waals surface area contributed by atoms with Gasteiger partial charge in [0.05, 0.1) is 5.69 Å². The quantitative estimate of drug-likeness (QED) is 0.601. The fourth-order valence-corrected chi connectivity index (χ4v) is 3.91. The summed E-state index contributed by atoms with van der Waals surface area (Å²) >= 11 is 0. The monoisotopic (exact) mass is 388 g/mol. The number of carboxylic acid groups (broad SMARTS) is 1. The Kier molecular flexibility index (Phi) is 5.66. The molecule has 0 radical (unpaired) electrons. The Balaban J connectivity index is 1.85. The standard InChI is InChI=1S/C19H28N4O3Si/c1-14-5-8-20-18-16(14)17(15-6-9-22(10-7-15)19(24)25)21-23(18)13-26-11-12-27(2,3)4/h5-6,8H,7,9-13H2,1-4H3,(H,24,25). The number of ether oxygens (including phenoxy) is 1. The molecular formula is C19H28N4O3Si. The van der Waals surface area contributed by atoms with Crippen LogP contribution in [0.5, 0.6) is 0 Å². The van der Waals surface area contributed by atoms with Crippen LogP contribution in [-0.2, 0) is 11.5 Å². The maximum Gasteiger partial charge on any atom is 0.407 e. The molecule has 3 heterocycles. The summed E-state index contributed by atoms with van der Waals surface area (Å²) in [5, 5.41) is 15.0. The molecule has 0 aliphatic carbocycles. The van der Waals surface area contributed by atoms with Gasteiger partial charge in [0.25, 0.3) is 0 Å². The number of pyridine rings is 1. The van der Waals surface area contributed by atoms with E-state index >= 15 is 0 Å². The first kappa shape index (κ1) is 19.6. The minimum atomic E-state index is -1.13. The Morgan fingerprint density at radius 2 is 2.15 bits per heavy atom. The summed E-state index contributed by atoms with van der Waals surface area (Å²) in [4.78, 5) is 17.1. The van der Waals surface area contributed by atoms with E-state index in [0.29, 0.717) is 26.2 Å². The van der Waals surface area contributed by atoms with Crippen molar-refractivity contribution in [1.29, 1.82) is 0 Å². The molecule has 0 fully saturated rings. The van der Waals surface area contributed by atoms with E-state index in [1.165, 1.54) is 4.90 Å². The van der Waals surface area contributed by atoms with Crippen molar-refractivity contribution < 1.29 is 14.6 Å². The van der Waals surface area contributed by atoms with Crippen molar-refractivity contribution in [3.63, 3.8) is 0 Å². The second kappa shape index (κ2) is 7.81. The number of aryl methyl sites for hydroxylation is 1. The molecule has 0 atom stereocenters. The third-order valence-corrected chi connectivity index (χ3v) is 6.54. The fraction of sp³-hybridized carbons (Fsp3) is 0.526. The molecule has 1 aliphatic rings. The van der Waals surface area contributed by atoms with Crippen LogP contribution in [0.3, 0.4) is 0 Å². The summed E-state index contributed by atoms with van der Waals surface area (Å²) in [6.07, 6.45) is 3.53. The molecule has 1 amide bonds. The first-order valence-electron chi connectivity index (χ1n) is 9.33. The average Bonchev–Trinajstić information content (AvgIpc) is 2.98. The molecule has 0 saturated heterocycles. The van der Waals surface area contributed by atoms with Crippen LogP contribution >= 0.6 is 0 Å². The third-order valence-electron chi connectivity index (χ3n) is 4.84. The number of nitrogens with zero attached hydrogens (tertiary/aromatic N) is 4. The molecular weight excluding hydrogens is 360 g/mol. The summed E-state index contributed by atoms with van der Waals surface area (Å²) in [5.74, 6) is 0.